The van der Waals surface area contributed by atoms with E-state index in [1.165, 1.54) is 0 Å². The van der Waals surface area contributed by atoms with E-state index in [1.54, 1.807) is 14.0 Å². The van der Waals surface area contributed by atoms with Crippen LogP contribution in [0.5, 0.6) is 0 Å². The Hall–Kier alpha value is -0.160. The number of rotatable bonds is 9. The third-order valence-corrected chi connectivity index (χ3v) is 3.14. The van der Waals surface area contributed by atoms with Crippen LogP contribution in [0, 0.1) is 5.41 Å². The van der Waals surface area contributed by atoms with Gasteiger partial charge in [0.05, 0.1) is 5.60 Å². The molecule has 98 valence electrons. The monoisotopic (exact) mass is 233 g/mol. The third-order valence-electron chi connectivity index (χ3n) is 3.14. The fourth-order valence-corrected chi connectivity index (χ4v) is 1.34. The number of aliphatic hydroxyl groups excluding tert-OH is 1. The molecule has 0 radical (unpaired) electrons. The molecule has 4 heteroatoms. The predicted octanol–water partition coefficient (Wildman–Crippen LogP) is 0.772. The fraction of sp³-hybridized carbons (Fsp3) is 1.00. The van der Waals surface area contributed by atoms with Gasteiger partial charge < -0.3 is 20.3 Å². The van der Waals surface area contributed by atoms with Crippen molar-refractivity contribution < 1.29 is 14.9 Å². The Kier molecular flexibility index (Phi) is 7.15. The first-order chi connectivity index (χ1) is 7.39. The van der Waals surface area contributed by atoms with E-state index in [4.69, 9.17) is 4.74 Å². The molecule has 0 heterocycles. The molecule has 0 aromatic carbocycles. The highest BCUT2D eigenvalue weighted by atomic mass is 16.5. The van der Waals surface area contributed by atoms with Crippen LogP contribution in [-0.2, 0) is 4.74 Å². The lowest BCUT2D eigenvalue weighted by atomic mass is 9.88. The standard InChI is InChI=1S/C12H27NO3/c1-5-11(2,10-14)8-13-9-12(3,15)6-7-16-4/h13-15H,5-10H2,1-4H3. The van der Waals surface area contributed by atoms with E-state index in [9.17, 15) is 10.2 Å². The van der Waals surface area contributed by atoms with Crippen LogP contribution in [0.4, 0.5) is 0 Å². The Labute approximate surface area is 99.0 Å². The number of methoxy groups -OCH3 is 1. The molecule has 0 spiro atoms. The van der Waals surface area contributed by atoms with Crippen LogP contribution in [0.3, 0.4) is 0 Å². The minimum Gasteiger partial charge on any atom is -0.396 e. The number of ether oxygens (including phenoxy) is 1. The summed E-state index contributed by atoms with van der Waals surface area (Å²) in [7, 11) is 1.63. The molecule has 4 nitrogen and oxygen atoms in total. The van der Waals surface area contributed by atoms with Crippen molar-refractivity contribution in [2.45, 2.75) is 39.2 Å². The van der Waals surface area contributed by atoms with Crippen LogP contribution in [-0.4, -0.2) is 49.2 Å². The number of hydrogen-bond donors (Lipinski definition) is 3. The van der Waals surface area contributed by atoms with Gasteiger partial charge in [-0.05, 0) is 13.3 Å². The number of aliphatic hydroxyl groups is 2. The summed E-state index contributed by atoms with van der Waals surface area (Å²) >= 11 is 0. The van der Waals surface area contributed by atoms with E-state index in [2.05, 4.69) is 12.2 Å². The van der Waals surface area contributed by atoms with Crippen molar-refractivity contribution in [3.8, 4) is 0 Å². The second-order valence-electron chi connectivity index (χ2n) is 5.17. The highest BCUT2D eigenvalue weighted by Gasteiger charge is 2.24. The van der Waals surface area contributed by atoms with E-state index >= 15 is 0 Å². The number of nitrogens with one attached hydrogen (secondary N) is 1. The van der Waals surface area contributed by atoms with Crippen LogP contribution >= 0.6 is 0 Å². The van der Waals surface area contributed by atoms with Crippen LogP contribution in [0.15, 0.2) is 0 Å². The SMILES string of the molecule is CCC(C)(CO)CNCC(C)(O)CCOC. The van der Waals surface area contributed by atoms with Gasteiger partial charge in [-0.1, -0.05) is 13.8 Å². The molecule has 0 saturated heterocycles. The topological polar surface area (TPSA) is 61.7 Å². The first kappa shape index (κ1) is 15.8. The van der Waals surface area contributed by atoms with Gasteiger partial charge in [-0.2, -0.15) is 0 Å². The average Bonchev–Trinajstić information content (AvgIpc) is 2.26. The third kappa shape index (κ3) is 6.43. The molecule has 16 heavy (non-hydrogen) atoms. The van der Waals surface area contributed by atoms with E-state index in [0.717, 1.165) is 6.42 Å². The quantitative estimate of drug-likeness (QED) is 0.550. The molecule has 0 saturated carbocycles. The predicted molar refractivity (Wildman–Crippen MR) is 65.5 cm³/mol. The molecule has 0 bridgehead atoms. The summed E-state index contributed by atoms with van der Waals surface area (Å²) in [5.41, 5.74) is -0.850. The maximum absolute atomic E-state index is 9.98. The highest BCUT2D eigenvalue weighted by molar-refractivity contribution is 4.79. The van der Waals surface area contributed by atoms with Crippen LogP contribution in [0.2, 0.25) is 0 Å². The zero-order valence-electron chi connectivity index (χ0n) is 11.0. The zero-order chi connectivity index (χ0) is 12.7. The smallest absolute Gasteiger partial charge is 0.0765 e. The van der Waals surface area contributed by atoms with Gasteiger partial charge in [0.25, 0.3) is 0 Å². The second kappa shape index (κ2) is 7.22. The molecular formula is C12H27NO3. The molecule has 2 unspecified atom stereocenters. The van der Waals surface area contributed by atoms with Gasteiger partial charge in [0, 0.05) is 45.2 Å². The maximum Gasteiger partial charge on any atom is 0.0765 e. The minimum absolute atomic E-state index is 0.0999. The zero-order valence-corrected chi connectivity index (χ0v) is 11.0. The first-order valence-corrected chi connectivity index (χ1v) is 5.92. The molecule has 0 aliphatic heterocycles. The fourth-order valence-electron chi connectivity index (χ4n) is 1.34. The lowest BCUT2D eigenvalue weighted by Gasteiger charge is -2.29. The van der Waals surface area contributed by atoms with Gasteiger partial charge in [0.2, 0.25) is 0 Å². The van der Waals surface area contributed by atoms with Crippen LogP contribution < -0.4 is 5.32 Å². The van der Waals surface area contributed by atoms with Crippen LogP contribution in [0.1, 0.15) is 33.6 Å². The largest absolute Gasteiger partial charge is 0.396 e. The van der Waals surface area contributed by atoms with Gasteiger partial charge in [-0.3, -0.25) is 0 Å². The summed E-state index contributed by atoms with van der Waals surface area (Å²) in [6.07, 6.45) is 1.52. The van der Waals surface area contributed by atoms with Crippen molar-refractivity contribution in [1.29, 1.82) is 0 Å². The molecule has 0 aliphatic carbocycles. The van der Waals surface area contributed by atoms with E-state index in [1.807, 2.05) is 6.92 Å². The Morgan fingerprint density at radius 1 is 1.25 bits per heavy atom. The van der Waals surface area contributed by atoms with Gasteiger partial charge in [0.15, 0.2) is 0 Å². The maximum atomic E-state index is 9.98. The molecule has 0 aromatic rings. The van der Waals surface area contributed by atoms with Crippen molar-refractivity contribution in [3.05, 3.63) is 0 Å². The van der Waals surface area contributed by atoms with Gasteiger partial charge in [-0.25, -0.2) is 0 Å². The van der Waals surface area contributed by atoms with Crippen LogP contribution in [0.25, 0.3) is 0 Å². The molecule has 2 atom stereocenters. The molecule has 0 amide bonds. The van der Waals surface area contributed by atoms with Gasteiger partial charge >= 0.3 is 0 Å². The summed E-state index contributed by atoms with van der Waals surface area (Å²) in [6.45, 7) is 7.83. The molecule has 0 fully saturated rings. The van der Waals surface area contributed by atoms with Gasteiger partial charge in [-0.15, -0.1) is 0 Å². The lowest BCUT2D eigenvalue weighted by Crippen LogP contribution is -2.43. The molecule has 0 aromatic heterocycles. The molecule has 0 rings (SSSR count). The summed E-state index contributed by atoms with van der Waals surface area (Å²) in [5.74, 6) is 0. The Morgan fingerprint density at radius 3 is 2.31 bits per heavy atom. The first-order valence-electron chi connectivity index (χ1n) is 5.92. The lowest BCUT2D eigenvalue weighted by molar-refractivity contribution is 0.0210. The summed E-state index contributed by atoms with van der Waals surface area (Å²) in [6, 6.07) is 0. The second-order valence-corrected chi connectivity index (χ2v) is 5.17. The Balaban J connectivity index is 3.87. The van der Waals surface area contributed by atoms with Crippen molar-refractivity contribution in [2.24, 2.45) is 5.41 Å². The normalized spacial score (nSPS) is 19.1. The summed E-state index contributed by atoms with van der Waals surface area (Å²) in [5, 5.41) is 22.4. The summed E-state index contributed by atoms with van der Waals surface area (Å²) < 4.78 is 4.94. The van der Waals surface area contributed by atoms with Crippen molar-refractivity contribution in [3.63, 3.8) is 0 Å². The van der Waals surface area contributed by atoms with Crippen molar-refractivity contribution in [2.75, 3.05) is 33.4 Å². The molecule has 0 aliphatic rings. The van der Waals surface area contributed by atoms with E-state index in [0.29, 0.717) is 26.1 Å². The minimum atomic E-state index is -0.750. The van der Waals surface area contributed by atoms with Crippen molar-refractivity contribution >= 4 is 0 Å². The number of hydrogen-bond acceptors (Lipinski definition) is 4. The Morgan fingerprint density at radius 2 is 1.88 bits per heavy atom. The highest BCUT2D eigenvalue weighted by Crippen LogP contribution is 2.18. The van der Waals surface area contributed by atoms with Crippen molar-refractivity contribution in [1.82, 2.24) is 5.32 Å². The van der Waals surface area contributed by atoms with Gasteiger partial charge in [0.1, 0.15) is 0 Å². The summed E-state index contributed by atoms with van der Waals surface area (Å²) in [4.78, 5) is 0. The van der Waals surface area contributed by atoms with E-state index < -0.39 is 5.60 Å². The van der Waals surface area contributed by atoms with E-state index in [-0.39, 0.29) is 12.0 Å². The average molecular weight is 233 g/mol. The molecule has 3 N–H and O–H groups in total. The Bertz CT molecular complexity index is 179. The molecular weight excluding hydrogens is 206 g/mol.